The molecule has 4 rings (SSSR count). The molecule has 0 saturated carbocycles. The minimum atomic E-state index is -1.40. The fraction of sp³-hybridized carbons (Fsp3) is 0.321. The van der Waals surface area contributed by atoms with Crippen LogP contribution in [-0.4, -0.2) is 87.9 Å². The quantitative estimate of drug-likeness (QED) is 0.113. The molecule has 0 aromatic heterocycles. The largest absolute Gasteiger partial charge is 0.507 e. The van der Waals surface area contributed by atoms with Crippen molar-refractivity contribution in [2.75, 3.05) is 24.7 Å². The normalized spacial score (nSPS) is 18.4. The van der Waals surface area contributed by atoms with Gasteiger partial charge in [-0.2, -0.15) is 11.8 Å². The Balaban J connectivity index is 1.90. The van der Waals surface area contributed by atoms with Crippen LogP contribution in [0.3, 0.4) is 0 Å². The van der Waals surface area contributed by atoms with Crippen molar-refractivity contribution in [2.45, 2.75) is 29.6 Å². The van der Waals surface area contributed by atoms with E-state index < -0.39 is 63.2 Å². The molecule has 10 N–H and O–H groups in total. The van der Waals surface area contributed by atoms with Gasteiger partial charge in [0.1, 0.15) is 17.2 Å². The first kappa shape index (κ1) is 31.9. The van der Waals surface area contributed by atoms with Crippen molar-refractivity contribution >= 4 is 29.5 Å². The van der Waals surface area contributed by atoms with Gasteiger partial charge in [0.05, 0.1) is 29.6 Å². The molecule has 0 saturated heterocycles. The second-order valence-electron chi connectivity index (χ2n) is 9.50. The van der Waals surface area contributed by atoms with Crippen LogP contribution in [0.15, 0.2) is 30.3 Å². The van der Waals surface area contributed by atoms with Crippen LogP contribution in [0.5, 0.6) is 51.7 Å². The number of carbonyl (C=O) groups is 1. The fourth-order valence-corrected chi connectivity index (χ4v) is 6.72. The number of esters is 1. The van der Waals surface area contributed by atoms with Crippen LogP contribution in [0.25, 0.3) is 0 Å². The summed E-state index contributed by atoms with van der Waals surface area (Å²) in [5, 5.41) is 99.6. The minimum absolute atomic E-state index is 0.0113. The van der Waals surface area contributed by atoms with Crippen LogP contribution in [0.1, 0.15) is 50.6 Å². The van der Waals surface area contributed by atoms with Gasteiger partial charge in [0.15, 0.2) is 46.7 Å². The number of aliphatic hydroxyl groups excluding tert-OH is 2. The van der Waals surface area contributed by atoms with Crippen LogP contribution in [0, 0.1) is 0 Å². The van der Waals surface area contributed by atoms with Crippen molar-refractivity contribution in [3.8, 4) is 51.7 Å². The van der Waals surface area contributed by atoms with Gasteiger partial charge in [0.25, 0.3) is 0 Å². The number of rotatable bonds is 10. The number of hydrogen-bond acceptors (Lipinski definition) is 15. The van der Waals surface area contributed by atoms with E-state index in [4.69, 9.17) is 9.47 Å². The molecule has 1 aliphatic rings. The Morgan fingerprint density at radius 2 is 1.37 bits per heavy atom. The molecular formula is C28H30O13S2. The Labute approximate surface area is 253 Å². The summed E-state index contributed by atoms with van der Waals surface area (Å²) in [4.78, 5) is 13.3. The van der Waals surface area contributed by atoms with Gasteiger partial charge in [-0.25, -0.2) is 4.79 Å². The number of carbonyl (C=O) groups excluding carboxylic acids is 1. The summed E-state index contributed by atoms with van der Waals surface area (Å²) in [6.45, 7) is 1.23. The molecule has 3 aromatic rings. The summed E-state index contributed by atoms with van der Waals surface area (Å²) < 4.78 is 11.9. The third-order valence-electron chi connectivity index (χ3n) is 6.68. The Morgan fingerprint density at radius 3 is 1.93 bits per heavy atom. The van der Waals surface area contributed by atoms with Gasteiger partial charge >= 0.3 is 5.97 Å². The predicted molar refractivity (Wildman–Crippen MR) is 155 cm³/mol. The van der Waals surface area contributed by atoms with Crippen LogP contribution in [0.4, 0.5) is 0 Å². The topological polar surface area (TPSA) is 238 Å². The molecule has 3 aromatic carbocycles. The molecule has 15 heteroatoms. The number of phenols is 8. The summed E-state index contributed by atoms with van der Waals surface area (Å²) >= 11 is 2.31. The number of hydrogen-bond donors (Lipinski definition) is 10. The number of benzene rings is 3. The molecule has 13 nitrogen and oxygen atoms in total. The molecule has 1 heterocycles. The molecule has 0 fully saturated rings. The van der Waals surface area contributed by atoms with E-state index in [1.807, 2.05) is 0 Å². The standard InChI is InChI=1S/C28H30O13S2/c1-11(42-4-2-29)20-14(31)10-19-21(24(20)38)27(43-5-3-30)26(25(40-19)12-6-15(32)22(36)16(33)7-12)41-28(39)13-8-17(34)23(37)18(35)9-13/h6-11,25-27,29-38H,2-5H2,1H3/t11?,25-,26+,27+/m1/s1. The third-order valence-corrected chi connectivity index (χ3v) is 9.11. The van der Waals surface area contributed by atoms with Crippen molar-refractivity contribution in [2.24, 2.45) is 0 Å². The van der Waals surface area contributed by atoms with Crippen molar-refractivity contribution < 1.29 is 65.3 Å². The summed E-state index contributed by atoms with van der Waals surface area (Å²) in [5.74, 6) is -6.23. The molecule has 0 aliphatic carbocycles. The van der Waals surface area contributed by atoms with Crippen LogP contribution < -0.4 is 4.74 Å². The Kier molecular flexibility index (Phi) is 9.69. The molecule has 4 atom stereocenters. The maximum atomic E-state index is 13.3. The van der Waals surface area contributed by atoms with Crippen LogP contribution >= 0.6 is 23.5 Å². The fourth-order valence-electron chi connectivity index (χ4n) is 4.72. The zero-order chi connectivity index (χ0) is 31.6. The van der Waals surface area contributed by atoms with E-state index in [0.717, 1.165) is 36.0 Å². The summed E-state index contributed by atoms with van der Waals surface area (Å²) in [5.41, 5.74) is -0.144. The smallest absolute Gasteiger partial charge is 0.338 e. The van der Waals surface area contributed by atoms with Crippen molar-refractivity contribution in [1.29, 1.82) is 0 Å². The monoisotopic (exact) mass is 638 g/mol. The second-order valence-corrected chi connectivity index (χ2v) is 12.2. The van der Waals surface area contributed by atoms with Crippen molar-refractivity contribution in [3.05, 3.63) is 52.6 Å². The van der Waals surface area contributed by atoms with Gasteiger partial charge in [-0.05, 0) is 31.2 Å². The van der Waals surface area contributed by atoms with Gasteiger partial charge in [-0.15, -0.1) is 11.8 Å². The van der Waals surface area contributed by atoms with E-state index >= 15 is 0 Å². The first-order valence-corrected chi connectivity index (χ1v) is 14.9. The first-order chi connectivity index (χ1) is 20.4. The maximum Gasteiger partial charge on any atom is 0.338 e. The molecule has 43 heavy (non-hydrogen) atoms. The molecule has 0 spiro atoms. The number of aliphatic hydroxyl groups is 2. The average Bonchev–Trinajstić information content (AvgIpc) is 2.96. The maximum absolute atomic E-state index is 13.3. The summed E-state index contributed by atoms with van der Waals surface area (Å²) in [7, 11) is 0. The lowest BCUT2D eigenvalue weighted by molar-refractivity contribution is -0.0204. The summed E-state index contributed by atoms with van der Waals surface area (Å²) in [6, 6.07) is 5.06. The number of aromatic hydroxyl groups is 8. The third kappa shape index (κ3) is 6.34. The SMILES string of the molecule is CC(SCCO)c1c(O)cc2c(c1O)[C@H](SCCO)[C@@H](OC(=O)c1cc(O)c(O)c(O)c1)[C@@H](c1cc(O)c(O)c(O)c1)O2. The van der Waals surface area contributed by atoms with E-state index in [9.17, 15) is 55.9 Å². The number of fused-ring (bicyclic) bond motifs is 1. The van der Waals surface area contributed by atoms with E-state index in [1.54, 1.807) is 6.92 Å². The second kappa shape index (κ2) is 13.1. The van der Waals surface area contributed by atoms with Gasteiger partial charge in [-0.3, -0.25) is 0 Å². The summed E-state index contributed by atoms with van der Waals surface area (Å²) in [6.07, 6.45) is -2.75. The van der Waals surface area contributed by atoms with E-state index in [2.05, 4.69) is 0 Å². The zero-order valence-corrected chi connectivity index (χ0v) is 24.2. The highest BCUT2D eigenvalue weighted by atomic mass is 32.2. The number of thioether (sulfide) groups is 2. The average molecular weight is 639 g/mol. The molecule has 0 bridgehead atoms. The molecule has 0 radical (unpaired) electrons. The highest BCUT2D eigenvalue weighted by Gasteiger charge is 2.46. The van der Waals surface area contributed by atoms with E-state index in [1.165, 1.54) is 17.8 Å². The van der Waals surface area contributed by atoms with E-state index in [0.29, 0.717) is 5.75 Å². The number of phenolic OH excluding ortho intramolecular Hbond substituents is 8. The highest BCUT2D eigenvalue weighted by molar-refractivity contribution is 7.99. The van der Waals surface area contributed by atoms with Crippen molar-refractivity contribution in [3.63, 3.8) is 0 Å². The van der Waals surface area contributed by atoms with Gasteiger partial charge in [0, 0.05) is 33.9 Å². The Hall–Kier alpha value is -4.05. The molecule has 1 aliphatic heterocycles. The number of ether oxygens (including phenoxy) is 2. The first-order valence-electron chi connectivity index (χ1n) is 12.8. The lowest BCUT2D eigenvalue weighted by atomic mass is 9.90. The van der Waals surface area contributed by atoms with Crippen LogP contribution in [0.2, 0.25) is 0 Å². The lowest BCUT2D eigenvalue weighted by Gasteiger charge is -2.40. The van der Waals surface area contributed by atoms with Gasteiger partial charge in [0.2, 0.25) is 0 Å². The van der Waals surface area contributed by atoms with E-state index in [-0.39, 0.29) is 58.5 Å². The highest BCUT2D eigenvalue weighted by Crippen LogP contribution is 2.57. The Morgan fingerprint density at radius 1 is 0.814 bits per heavy atom. The molecule has 232 valence electrons. The van der Waals surface area contributed by atoms with Gasteiger partial charge in [-0.1, -0.05) is 0 Å². The van der Waals surface area contributed by atoms with Crippen LogP contribution in [-0.2, 0) is 4.74 Å². The minimum Gasteiger partial charge on any atom is -0.507 e. The lowest BCUT2D eigenvalue weighted by Crippen LogP contribution is -2.37. The molecular weight excluding hydrogens is 608 g/mol. The Bertz CT molecular complexity index is 1470. The molecule has 1 unspecified atom stereocenters. The van der Waals surface area contributed by atoms with Gasteiger partial charge < -0.3 is 60.5 Å². The molecule has 0 amide bonds. The zero-order valence-electron chi connectivity index (χ0n) is 22.5. The van der Waals surface area contributed by atoms with Crippen molar-refractivity contribution in [1.82, 2.24) is 0 Å². The predicted octanol–water partition coefficient (Wildman–Crippen LogP) is 3.24.